The molecule has 0 aliphatic rings. The second kappa shape index (κ2) is 7.65. The molecular formula is C15H29N3O. The van der Waals surface area contributed by atoms with E-state index in [0.29, 0.717) is 5.92 Å². The maximum atomic E-state index is 5.08. The summed E-state index contributed by atoms with van der Waals surface area (Å²) in [6.07, 6.45) is 5.22. The van der Waals surface area contributed by atoms with Crippen LogP contribution in [0, 0.1) is 11.3 Å². The van der Waals surface area contributed by atoms with Crippen molar-refractivity contribution < 1.29 is 4.74 Å². The molecule has 110 valence electrons. The highest BCUT2D eigenvalue weighted by Crippen LogP contribution is 2.30. The molecule has 0 aliphatic carbocycles. The Morgan fingerprint density at radius 3 is 2.74 bits per heavy atom. The Hall–Kier alpha value is -0.870. The molecule has 1 N–H and O–H groups in total. The van der Waals surface area contributed by atoms with E-state index in [4.69, 9.17) is 4.74 Å². The van der Waals surface area contributed by atoms with Gasteiger partial charge in [0.15, 0.2) is 0 Å². The van der Waals surface area contributed by atoms with Crippen LogP contribution in [-0.2, 0) is 17.7 Å². The number of aryl methyl sites for hydroxylation is 1. The number of nitrogens with one attached hydrogen (secondary N) is 1. The Balaban J connectivity index is 2.59. The minimum absolute atomic E-state index is 0.245. The second-order valence-corrected chi connectivity index (χ2v) is 5.86. The van der Waals surface area contributed by atoms with Gasteiger partial charge in [-0.25, -0.2) is 0 Å². The Morgan fingerprint density at radius 2 is 2.21 bits per heavy atom. The number of methoxy groups -OCH3 is 1. The lowest BCUT2D eigenvalue weighted by Crippen LogP contribution is -2.39. The van der Waals surface area contributed by atoms with Crippen molar-refractivity contribution in [3.8, 4) is 0 Å². The average molecular weight is 267 g/mol. The number of ether oxygens (including phenoxy) is 1. The van der Waals surface area contributed by atoms with Gasteiger partial charge in [-0.1, -0.05) is 20.8 Å². The first-order valence-electron chi connectivity index (χ1n) is 7.23. The van der Waals surface area contributed by atoms with Gasteiger partial charge in [-0.3, -0.25) is 4.68 Å². The van der Waals surface area contributed by atoms with Crippen molar-refractivity contribution in [1.82, 2.24) is 15.1 Å². The first-order valence-corrected chi connectivity index (χ1v) is 7.23. The van der Waals surface area contributed by atoms with Gasteiger partial charge in [0.2, 0.25) is 0 Å². The molecule has 0 saturated heterocycles. The highest BCUT2D eigenvalue weighted by Gasteiger charge is 2.28. The van der Waals surface area contributed by atoms with Crippen LogP contribution in [0.25, 0.3) is 0 Å². The maximum absolute atomic E-state index is 5.08. The first kappa shape index (κ1) is 16.2. The first-order chi connectivity index (χ1) is 9.01. The fourth-order valence-corrected chi connectivity index (χ4v) is 2.16. The van der Waals surface area contributed by atoms with Crippen LogP contribution in [0.1, 0.15) is 33.3 Å². The molecule has 1 aromatic rings. The topological polar surface area (TPSA) is 39.1 Å². The molecule has 0 saturated carbocycles. The summed E-state index contributed by atoms with van der Waals surface area (Å²) in [6, 6.07) is 0. The minimum Gasteiger partial charge on any atom is -0.383 e. The van der Waals surface area contributed by atoms with Crippen molar-refractivity contribution in [2.24, 2.45) is 11.3 Å². The molecular weight excluding hydrogens is 238 g/mol. The summed E-state index contributed by atoms with van der Waals surface area (Å²) in [5.74, 6) is 0.618. The normalized spacial score (nSPS) is 14.8. The molecule has 1 aromatic heterocycles. The third-order valence-corrected chi connectivity index (χ3v) is 4.02. The van der Waals surface area contributed by atoms with Gasteiger partial charge in [-0.15, -0.1) is 0 Å². The summed E-state index contributed by atoms with van der Waals surface area (Å²) in [4.78, 5) is 0. The number of hydrogen-bond donors (Lipinski definition) is 1. The molecule has 0 fully saturated rings. The summed E-state index contributed by atoms with van der Waals surface area (Å²) in [6.45, 7) is 12.7. The number of rotatable bonds is 9. The molecule has 0 amide bonds. The summed E-state index contributed by atoms with van der Waals surface area (Å²) in [5.41, 5.74) is 1.57. The van der Waals surface area contributed by atoms with Crippen molar-refractivity contribution in [2.75, 3.05) is 26.8 Å². The quantitative estimate of drug-likeness (QED) is 0.698. The molecule has 0 bridgehead atoms. The highest BCUT2D eigenvalue weighted by atomic mass is 16.5. The van der Waals surface area contributed by atoms with E-state index in [0.717, 1.165) is 32.7 Å². The molecule has 0 aliphatic heterocycles. The van der Waals surface area contributed by atoms with Gasteiger partial charge in [0.25, 0.3) is 0 Å². The zero-order valence-electron chi connectivity index (χ0n) is 13.1. The number of nitrogens with zero attached hydrogens (tertiary/aromatic N) is 2. The summed E-state index contributed by atoms with van der Waals surface area (Å²) < 4.78 is 7.07. The van der Waals surface area contributed by atoms with Crippen molar-refractivity contribution in [1.29, 1.82) is 0 Å². The lowest BCUT2D eigenvalue weighted by Gasteiger charge is -2.34. The fraction of sp³-hybridized carbons (Fsp3) is 0.800. The zero-order chi connectivity index (χ0) is 14.3. The van der Waals surface area contributed by atoms with E-state index in [1.165, 1.54) is 5.56 Å². The second-order valence-electron chi connectivity index (χ2n) is 5.86. The van der Waals surface area contributed by atoms with Crippen molar-refractivity contribution in [3.05, 3.63) is 18.0 Å². The largest absolute Gasteiger partial charge is 0.383 e. The lowest BCUT2D eigenvalue weighted by molar-refractivity contribution is 0.175. The number of aromatic nitrogens is 2. The van der Waals surface area contributed by atoms with Crippen LogP contribution in [0.15, 0.2) is 12.4 Å². The third kappa shape index (κ3) is 4.96. The summed E-state index contributed by atoms with van der Waals surface area (Å²) in [5, 5.41) is 7.86. The smallest absolute Gasteiger partial charge is 0.0587 e. The van der Waals surface area contributed by atoms with E-state index >= 15 is 0 Å². The van der Waals surface area contributed by atoms with Gasteiger partial charge in [0, 0.05) is 32.9 Å². The van der Waals surface area contributed by atoms with Gasteiger partial charge in [-0.05, 0) is 30.2 Å². The van der Waals surface area contributed by atoms with Crippen LogP contribution in [0.3, 0.4) is 0 Å². The Labute approximate surface area is 117 Å². The average Bonchev–Trinajstić information content (AvgIpc) is 2.82. The van der Waals surface area contributed by atoms with Gasteiger partial charge in [0.05, 0.1) is 12.8 Å². The SMILES string of the molecule is CCn1cc(CC(C)(CNCCOC)C(C)C)cn1. The van der Waals surface area contributed by atoms with E-state index in [9.17, 15) is 0 Å². The minimum atomic E-state index is 0.245. The van der Waals surface area contributed by atoms with Gasteiger partial charge < -0.3 is 10.1 Å². The highest BCUT2D eigenvalue weighted by molar-refractivity contribution is 5.08. The van der Waals surface area contributed by atoms with Crippen LogP contribution >= 0.6 is 0 Å². The molecule has 1 heterocycles. The Morgan fingerprint density at radius 1 is 1.47 bits per heavy atom. The summed E-state index contributed by atoms with van der Waals surface area (Å²) >= 11 is 0. The van der Waals surface area contributed by atoms with Crippen molar-refractivity contribution in [2.45, 2.75) is 40.7 Å². The van der Waals surface area contributed by atoms with Crippen LogP contribution in [-0.4, -0.2) is 36.6 Å². The fourth-order valence-electron chi connectivity index (χ4n) is 2.16. The van der Waals surface area contributed by atoms with Gasteiger partial charge in [0.1, 0.15) is 0 Å². The molecule has 4 nitrogen and oxygen atoms in total. The van der Waals surface area contributed by atoms with Gasteiger partial charge >= 0.3 is 0 Å². The third-order valence-electron chi connectivity index (χ3n) is 4.02. The van der Waals surface area contributed by atoms with E-state index in [1.807, 2.05) is 10.9 Å². The molecule has 1 rings (SSSR count). The Kier molecular flexibility index (Phi) is 6.52. The molecule has 0 spiro atoms. The molecule has 4 heteroatoms. The lowest BCUT2D eigenvalue weighted by atomic mass is 9.75. The van der Waals surface area contributed by atoms with E-state index in [1.54, 1.807) is 7.11 Å². The molecule has 1 atom stereocenters. The molecule has 1 unspecified atom stereocenters. The predicted octanol–water partition coefficient (Wildman–Crippen LogP) is 2.34. The van der Waals surface area contributed by atoms with Crippen LogP contribution in [0.5, 0.6) is 0 Å². The predicted molar refractivity (Wildman–Crippen MR) is 79.3 cm³/mol. The number of hydrogen-bond acceptors (Lipinski definition) is 3. The van der Waals surface area contributed by atoms with Gasteiger partial charge in [-0.2, -0.15) is 5.10 Å². The Bertz CT molecular complexity index is 362. The molecule has 19 heavy (non-hydrogen) atoms. The van der Waals surface area contributed by atoms with Crippen LogP contribution in [0.2, 0.25) is 0 Å². The van der Waals surface area contributed by atoms with E-state index in [2.05, 4.69) is 44.3 Å². The summed E-state index contributed by atoms with van der Waals surface area (Å²) in [7, 11) is 1.74. The van der Waals surface area contributed by atoms with Crippen molar-refractivity contribution in [3.63, 3.8) is 0 Å². The molecule has 0 radical (unpaired) electrons. The zero-order valence-corrected chi connectivity index (χ0v) is 13.1. The van der Waals surface area contributed by atoms with E-state index in [-0.39, 0.29) is 5.41 Å². The standard InChI is InChI=1S/C15H29N3O/c1-6-18-11-14(10-17-18)9-15(4,13(2)3)12-16-7-8-19-5/h10-11,13,16H,6-9,12H2,1-5H3. The maximum Gasteiger partial charge on any atom is 0.0587 e. The van der Waals surface area contributed by atoms with Crippen LogP contribution < -0.4 is 5.32 Å². The van der Waals surface area contributed by atoms with E-state index < -0.39 is 0 Å². The monoisotopic (exact) mass is 267 g/mol. The molecule has 0 aromatic carbocycles. The van der Waals surface area contributed by atoms with Crippen molar-refractivity contribution >= 4 is 0 Å². The van der Waals surface area contributed by atoms with Crippen LogP contribution in [0.4, 0.5) is 0 Å².